The van der Waals surface area contributed by atoms with Crippen LogP contribution in [0.2, 0.25) is 0 Å². The number of thiophene rings is 1. The molecule has 9 rings (SSSR count). The predicted molar refractivity (Wildman–Crippen MR) is 208 cm³/mol. The highest BCUT2D eigenvalue weighted by atomic mass is 32.1. The maximum Gasteiger partial charge on any atom is 0.0540 e. The molecule has 1 heterocycles. The summed E-state index contributed by atoms with van der Waals surface area (Å²) in [6.45, 7) is 0. The fraction of sp³-hybridized carbons (Fsp3) is 0. The molecular formula is C46H31NS. The molecule has 0 radical (unpaired) electrons. The molecule has 0 aliphatic rings. The lowest BCUT2D eigenvalue weighted by Crippen LogP contribution is -2.13. The van der Waals surface area contributed by atoms with Crippen molar-refractivity contribution in [2.24, 2.45) is 0 Å². The minimum absolute atomic E-state index is 1.14. The van der Waals surface area contributed by atoms with Crippen LogP contribution in [-0.2, 0) is 0 Å². The first-order valence-electron chi connectivity index (χ1n) is 16.4. The first-order chi connectivity index (χ1) is 23.8. The molecule has 0 aliphatic carbocycles. The Hall–Kier alpha value is -5.96. The van der Waals surface area contributed by atoms with E-state index in [0.717, 1.165) is 17.1 Å². The van der Waals surface area contributed by atoms with Gasteiger partial charge >= 0.3 is 0 Å². The maximum absolute atomic E-state index is 2.47. The summed E-state index contributed by atoms with van der Waals surface area (Å²) >= 11 is 1.86. The van der Waals surface area contributed by atoms with Gasteiger partial charge in [0.25, 0.3) is 0 Å². The van der Waals surface area contributed by atoms with E-state index in [1.54, 1.807) is 0 Å². The van der Waals surface area contributed by atoms with Gasteiger partial charge in [-0.1, -0.05) is 152 Å². The number of rotatable bonds is 6. The topological polar surface area (TPSA) is 3.24 Å². The molecule has 0 fully saturated rings. The third-order valence-electron chi connectivity index (χ3n) is 9.29. The molecular weight excluding hydrogens is 599 g/mol. The molecule has 0 N–H and O–H groups in total. The lowest BCUT2D eigenvalue weighted by molar-refractivity contribution is 1.30. The fourth-order valence-electron chi connectivity index (χ4n) is 6.98. The van der Waals surface area contributed by atoms with E-state index in [4.69, 9.17) is 0 Å². The van der Waals surface area contributed by atoms with E-state index in [0.29, 0.717) is 0 Å². The fourth-order valence-corrected chi connectivity index (χ4v) is 8.07. The normalized spacial score (nSPS) is 11.3. The van der Waals surface area contributed by atoms with Crippen molar-refractivity contribution in [2.75, 3.05) is 4.90 Å². The van der Waals surface area contributed by atoms with Crippen molar-refractivity contribution in [1.29, 1.82) is 0 Å². The van der Waals surface area contributed by atoms with Gasteiger partial charge in [0.2, 0.25) is 0 Å². The van der Waals surface area contributed by atoms with Crippen LogP contribution in [0.4, 0.5) is 17.1 Å². The van der Waals surface area contributed by atoms with Gasteiger partial charge in [0.05, 0.1) is 17.1 Å². The van der Waals surface area contributed by atoms with Crippen LogP contribution >= 0.6 is 11.3 Å². The second-order valence-electron chi connectivity index (χ2n) is 12.1. The van der Waals surface area contributed by atoms with E-state index >= 15 is 0 Å². The molecule has 0 bridgehead atoms. The number of benzene rings is 8. The van der Waals surface area contributed by atoms with Gasteiger partial charge in [-0.2, -0.15) is 0 Å². The first kappa shape index (κ1) is 28.3. The summed E-state index contributed by atoms with van der Waals surface area (Å²) in [6, 6.07) is 68.2. The van der Waals surface area contributed by atoms with Crippen LogP contribution in [0.15, 0.2) is 188 Å². The predicted octanol–water partition coefficient (Wildman–Crippen LogP) is 13.7. The zero-order valence-corrected chi connectivity index (χ0v) is 27.1. The Kier molecular flexibility index (Phi) is 7.07. The zero-order valence-electron chi connectivity index (χ0n) is 26.3. The van der Waals surface area contributed by atoms with Crippen molar-refractivity contribution in [3.63, 3.8) is 0 Å². The number of hydrogen-bond acceptors (Lipinski definition) is 2. The molecule has 0 saturated carbocycles. The Balaban J connectivity index is 1.26. The summed E-state index contributed by atoms with van der Waals surface area (Å²) in [4.78, 5) is 2.47. The molecule has 8 aromatic carbocycles. The van der Waals surface area contributed by atoms with Crippen molar-refractivity contribution in [3.8, 4) is 33.4 Å². The lowest BCUT2D eigenvalue weighted by atomic mass is 9.96. The van der Waals surface area contributed by atoms with Crippen LogP contribution < -0.4 is 4.90 Å². The Bertz CT molecular complexity index is 2560. The van der Waals surface area contributed by atoms with Crippen molar-refractivity contribution >= 4 is 59.3 Å². The molecule has 0 amide bonds. The number of para-hydroxylation sites is 2. The van der Waals surface area contributed by atoms with Crippen LogP contribution in [0.25, 0.3) is 64.3 Å². The van der Waals surface area contributed by atoms with E-state index in [1.165, 1.54) is 64.3 Å². The highest BCUT2D eigenvalue weighted by molar-refractivity contribution is 7.25. The Morgan fingerprint density at radius 3 is 1.62 bits per heavy atom. The van der Waals surface area contributed by atoms with Crippen LogP contribution in [-0.4, -0.2) is 0 Å². The van der Waals surface area contributed by atoms with E-state index in [9.17, 15) is 0 Å². The van der Waals surface area contributed by atoms with Gasteiger partial charge in [0.15, 0.2) is 0 Å². The van der Waals surface area contributed by atoms with E-state index in [1.807, 2.05) is 11.3 Å². The number of anilines is 3. The molecule has 0 aliphatic heterocycles. The summed E-state index contributed by atoms with van der Waals surface area (Å²) in [5, 5.41) is 5.04. The van der Waals surface area contributed by atoms with Gasteiger partial charge in [-0.05, 0) is 64.0 Å². The third kappa shape index (κ3) is 4.95. The third-order valence-corrected chi connectivity index (χ3v) is 10.4. The van der Waals surface area contributed by atoms with Gasteiger partial charge in [-0.25, -0.2) is 0 Å². The van der Waals surface area contributed by atoms with Gasteiger partial charge in [-0.3, -0.25) is 0 Å². The molecule has 2 heteroatoms. The van der Waals surface area contributed by atoms with Crippen LogP contribution in [0.3, 0.4) is 0 Å². The molecule has 1 aromatic heterocycles. The monoisotopic (exact) mass is 629 g/mol. The summed E-state index contributed by atoms with van der Waals surface area (Å²) < 4.78 is 2.63. The standard InChI is InChI=1S/C46H31NS/c1-2-13-32(14-3-1)33-25-27-35(28-26-33)38-18-6-9-21-42(38)47(44-23-12-16-34-15-4-5-17-37(34)44)43-22-10-7-19-39(43)36-29-30-46-41(31-36)40-20-8-11-24-45(40)48-46/h1-31H. The van der Waals surface area contributed by atoms with Gasteiger partial charge in [0, 0.05) is 36.7 Å². The van der Waals surface area contributed by atoms with Gasteiger partial charge < -0.3 is 4.90 Å². The highest BCUT2D eigenvalue weighted by Gasteiger charge is 2.22. The van der Waals surface area contributed by atoms with E-state index in [-0.39, 0.29) is 0 Å². The van der Waals surface area contributed by atoms with Crippen molar-refractivity contribution in [1.82, 2.24) is 0 Å². The van der Waals surface area contributed by atoms with Crippen LogP contribution in [0.1, 0.15) is 0 Å². The molecule has 0 unspecified atom stereocenters. The second-order valence-corrected chi connectivity index (χ2v) is 13.2. The Morgan fingerprint density at radius 1 is 0.312 bits per heavy atom. The van der Waals surface area contributed by atoms with Gasteiger partial charge in [0.1, 0.15) is 0 Å². The quantitative estimate of drug-likeness (QED) is 0.177. The molecule has 0 atom stereocenters. The van der Waals surface area contributed by atoms with Crippen molar-refractivity contribution < 1.29 is 0 Å². The van der Waals surface area contributed by atoms with Crippen molar-refractivity contribution in [2.45, 2.75) is 0 Å². The largest absolute Gasteiger partial charge is 0.309 e. The smallest absolute Gasteiger partial charge is 0.0540 e. The second kappa shape index (κ2) is 12.0. The molecule has 226 valence electrons. The highest BCUT2D eigenvalue weighted by Crippen LogP contribution is 2.47. The van der Waals surface area contributed by atoms with Crippen LogP contribution in [0.5, 0.6) is 0 Å². The molecule has 0 saturated heterocycles. The number of hydrogen-bond donors (Lipinski definition) is 0. The average molecular weight is 630 g/mol. The minimum atomic E-state index is 1.14. The molecule has 9 aromatic rings. The lowest BCUT2D eigenvalue weighted by Gasteiger charge is -2.31. The minimum Gasteiger partial charge on any atom is -0.309 e. The molecule has 48 heavy (non-hydrogen) atoms. The summed E-state index contributed by atoms with van der Waals surface area (Å²) in [5.74, 6) is 0. The van der Waals surface area contributed by atoms with E-state index < -0.39 is 0 Å². The maximum atomic E-state index is 2.47. The first-order valence-corrected chi connectivity index (χ1v) is 17.2. The van der Waals surface area contributed by atoms with E-state index in [2.05, 4.69) is 193 Å². The Morgan fingerprint density at radius 2 is 0.833 bits per heavy atom. The number of fused-ring (bicyclic) bond motifs is 4. The summed E-state index contributed by atoms with van der Waals surface area (Å²) in [7, 11) is 0. The van der Waals surface area contributed by atoms with Crippen molar-refractivity contribution in [3.05, 3.63) is 188 Å². The molecule has 0 spiro atoms. The zero-order chi connectivity index (χ0) is 31.9. The average Bonchev–Trinajstić information content (AvgIpc) is 3.54. The Labute approximate surface area is 284 Å². The SMILES string of the molecule is c1ccc(-c2ccc(-c3ccccc3N(c3ccccc3-c3ccc4sc5ccccc5c4c3)c3cccc4ccccc34)cc2)cc1. The van der Waals surface area contributed by atoms with Crippen LogP contribution in [0, 0.1) is 0 Å². The summed E-state index contributed by atoms with van der Waals surface area (Å²) in [5.41, 5.74) is 10.6. The number of nitrogens with zero attached hydrogens (tertiary/aromatic N) is 1. The molecule has 1 nitrogen and oxygen atoms in total. The summed E-state index contributed by atoms with van der Waals surface area (Å²) in [6.07, 6.45) is 0. The van der Waals surface area contributed by atoms with Gasteiger partial charge in [-0.15, -0.1) is 11.3 Å².